The van der Waals surface area contributed by atoms with Crippen LogP contribution in [0.5, 0.6) is 0 Å². The molecule has 17 aromatic rings. The zero-order valence-electron chi connectivity index (χ0n) is 47.0. The van der Waals surface area contributed by atoms with Gasteiger partial charge in [0.1, 0.15) is 0 Å². The Bertz CT molecular complexity index is 6000. The third kappa shape index (κ3) is 6.26. The summed E-state index contributed by atoms with van der Waals surface area (Å²) in [7, 11) is 0. The summed E-state index contributed by atoms with van der Waals surface area (Å²) >= 11 is 0. The van der Waals surface area contributed by atoms with Gasteiger partial charge in [-0.3, -0.25) is 0 Å². The van der Waals surface area contributed by atoms with E-state index >= 15 is 0 Å². The molecule has 0 atom stereocenters. The Morgan fingerprint density at radius 1 is 0.303 bits per heavy atom. The van der Waals surface area contributed by atoms with Crippen LogP contribution in [0, 0.1) is 51.9 Å². The van der Waals surface area contributed by atoms with Crippen LogP contribution < -0.4 is 16.4 Å². The summed E-state index contributed by atoms with van der Waals surface area (Å²) in [6, 6.07) is 89.7. The van der Waals surface area contributed by atoms with E-state index in [0.29, 0.717) is 27.9 Å². The summed E-state index contributed by atoms with van der Waals surface area (Å²) in [5, 5.41) is 54.8. The average Bonchev–Trinajstić information content (AvgIpc) is 1.66. The molecule has 89 heavy (non-hydrogen) atoms. The molecular weight excluding hydrogens is 1090 g/mol. The lowest BCUT2D eigenvalue weighted by molar-refractivity contribution is 1.18. The zero-order chi connectivity index (χ0) is 59.1. The number of aromatic nitrogens is 4. The Kier molecular flexibility index (Phi) is 9.58. The minimum absolute atomic E-state index is 0.386. The fourth-order valence-corrected chi connectivity index (χ4v) is 15.8. The molecule has 4 aromatic heterocycles. The molecule has 0 fully saturated rings. The topological polar surface area (TPSA) is 119 Å². The van der Waals surface area contributed by atoms with E-state index in [9.17, 15) is 21.0 Å². The molecule has 9 nitrogen and oxygen atoms in total. The second kappa shape index (κ2) is 17.6. The van der Waals surface area contributed by atoms with E-state index < -0.39 is 0 Å². The van der Waals surface area contributed by atoms with Crippen LogP contribution in [0.2, 0.25) is 0 Å². The molecule has 13 aromatic carbocycles. The van der Waals surface area contributed by atoms with E-state index in [-0.39, 0.29) is 6.71 Å². The molecule has 10 heteroatoms. The molecule has 0 amide bonds. The maximum atomic E-state index is 11.6. The van der Waals surface area contributed by atoms with Crippen LogP contribution >= 0.6 is 0 Å². The van der Waals surface area contributed by atoms with Crippen molar-refractivity contribution >= 4 is 138 Å². The summed E-state index contributed by atoms with van der Waals surface area (Å²) < 4.78 is 9.40. The van der Waals surface area contributed by atoms with E-state index in [1.807, 2.05) is 97.1 Å². The van der Waals surface area contributed by atoms with Crippen molar-refractivity contribution in [3.05, 3.63) is 264 Å². The third-order valence-electron chi connectivity index (χ3n) is 19.2. The number of hydrogen-bond acceptors (Lipinski definition) is 4. The van der Waals surface area contributed by atoms with E-state index in [0.717, 1.165) is 170 Å². The highest BCUT2D eigenvalue weighted by Gasteiger charge is 2.43. The zero-order valence-corrected chi connectivity index (χ0v) is 47.0. The van der Waals surface area contributed by atoms with Gasteiger partial charge in [-0.1, -0.05) is 101 Å². The molecule has 0 bridgehead atoms. The Morgan fingerprint density at radius 3 is 0.955 bits per heavy atom. The molecule has 0 saturated heterocycles. The SMILES string of the molecule is [C-]#[N+]c1ccc(-n2c3ccccc3c3c4c5c(cc6c(c5cc32)c2ccccc2n6-c2ccc(C#N)cc2)B2c3c(cc(C#N)cc3-4)-c3c4c2cc2c(c4cc4c3c3ccccc3n4-c3ccc(C#N)cc3)c3ccccc3n2-c2ccc(C#N)cc2)cc1. The fraction of sp³-hybridized carbons (Fsp3) is 0. The Morgan fingerprint density at radius 2 is 0.618 bits per heavy atom. The van der Waals surface area contributed by atoms with E-state index in [4.69, 9.17) is 6.57 Å². The largest absolute Gasteiger partial charge is 0.309 e. The lowest BCUT2D eigenvalue weighted by Gasteiger charge is -2.35. The van der Waals surface area contributed by atoms with Gasteiger partial charge in [0, 0.05) is 65.8 Å². The Hall–Kier alpha value is -12.9. The normalized spacial score (nSPS) is 12.2. The first kappa shape index (κ1) is 48.5. The number of nitriles is 4. The number of fused-ring (bicyclic) bond motifs is 20. The quantitative estimate of drug-likeness (QED) is 0.129. The molecule has 402 valence electrons. The van der Waals surface area contributed by atoms with Crippen molar-refractivity contribution in [3.63, 3.8) is 0 Å². The lowest BCUT2D eigenvalue weighted by atomic mass is 9.30. The van der Waals surface area contributed by atoms with E-state index in [1.165, 1.54) is 0 Å². The molecule has 0 spiro atoms. The van der Waals surface area contributed by atoms with E-state index in [1.54, 1.807) is 0 Å². The second-order valence-electron chi connectivity index (χ2n) is 23.4. The van der Waals surface area contributed by atoms with Gasteiger partial charge < -0.3 is 18.3 Å². The van der Waals surface area contributed by atoms with Crippen LogP contribution in [-0.4, -0.2) is 25.0 Å². The second-order valence-corrected chi connectivity index (χ2v) is 23.4. The van der Waals surface area contributed by atoms with Crippen LogP contribution in [-0.2, 0) is 0 Å². The predicted molar refractivity (Wildman–Crippen MR) is 359 cm³/mol. The first-order chi connectivity index (χ1) is 43.9. The highest BCUT2D eigenvalue weighted by atomic mass is 15.0. The standard InChI is InChI=1S/C79H38BN9/c1-85-48-24-32-52(33-25-48)87-66-17-9-5-13-56(66)76-68(87)37-58-72-54-11-3-7-15-64(54)89(51-30-22-46(42-83)23-31-51)70(72)39-62-74(58)78(76)60-35-47(43-84)34-59-77-73-57(36-67-75(77)55-12-4-8-16-65(55)86(67)49-26-18-44(40-81)19-27-49)71-53-10-2-6-14-63(53)88(50-28-20-45(41-82)21-29-50)69(71)38-61(73)80(62)79(59)60/h2-39H. The first-order valence-electron chi connectivity index (χ1n) is 29.4. The van der Waals surface area contributed by atoms with Crippen LogP contribution in [0.25, 0.3) is 159 Å². The highest BCUT2D eigenvalue weighted by Crippen LogP contribution is 2.53. The fourth-order valence-electron chi connectivity index (χ4n) is 15.8. The van der Waals surface area contributed by atoms with Crippen LogP contribution in [0.15, 0.2) is 231 Å². The average molecular weight is 1120 g/mol. The van der Waals surface area contributed by atoms with Crippen molar-refractivity contribution in [1.29, 1.82) is 21.0 Å². The number of benzene rings is 13. The van der Waals surface area contributed by atoms with Gasteiger partial charge in [-0.05, 0) is 189 Å². The lowest BCUT2D eigenvalue weighted by Crippen LogP contribution is -2.57. The summed E-state index contributed by atoms with van der Waals surface area (Å²) in [6.45, 7) is 7.52. The van der Waals surface area contributed by atoms with Crippen molar-refractivity contribution in [2.45, 2.75) is 0 Å². The van der Waals surface area contributed by atoms with Crippen molar-refractivity contribution in [2.75, 3.05) is 0 Å². The molecule has 0 N–H and O–H groups in total. The van der Waals surface area contributed by atoms with Crippen LogP contribution in [0.4, 0.5) is 5.69 Å². The molecule has 0 radical (unpaired) electrons. The van der Waals surface area contributed by atoms with Crippen molar-refractivity contribution in [3.8, 4) is 69.3 Å². The molecule has 0 saturated carbocycles. The Labute approximate surface area is 507 Å². The summed E-state index contributed by atoms with van der Waals surface area (Å²) in [4.78, 5) is 3.79. The van der Waals surface area contributed by atoms with Gasteiger partial charge in [-0.25, -0.2) is 4.85 Å². The van der Waals surface area contributed by atoms with Crippen molar-refractivity contribution < 1.29 is 0 Å². The molecule has 2 aliphatic heterocycles. The van der Waals surface area contributed by atoms with Gasteiger partial charge in [0.15, 0.2) is 5.69 Å². The predicted octanol–water partition coefficient (Wildman–Crippen LogP) is 16.9. The molecule has 19 rings (SSSR count). The molecule has 6 heterocycles. The molecular formula is C79H38BN9. The first-order valence-corrected chi connectivity index (χ1v) is 29.4. The Balaban J connectivity index is 1.08. The van der Waals surface area contributed by atoms with Gasteiger partial charge in [-0.15, -0.1) is 0 Å². The van der Waals surface area contributed by atoms with Crippen molar-refractivity contribution in [1.82, 2.24) is 18.3 Å². The van der Waals surface area contributed by atoms with Crippen molar-refractivity contribution in [2.24, 2.45) is 0 Å². The van der Waals surface area contributed by atoms with Gasteiger partial charge >= 0.3 is 0 Å². The van der Waals surface area contributed by atoms with Gasteiger partial charge in [0.05, 0.1) is 97.2 Å². The summed E-state index contributed by atoms with van der Waals surface area (Å²) in [5.41, 5.74) is 22.1. The number of para-hydroxylation sites is 4. The van der Waals surface area contributed by atoms with Gasteiger partial charge in [0.25, 0.3) is 0 Å². The number of rotatable bonds is 4. The smallest absolute Gasteiger partial charge is 0.244 e. The van der Waals surface area contributed by atoms with Gasteiger partial charge in [0.2, 0.25) is 6.71 Å². The maximum absolute atomic E-state index is 11.6. The highest BCUT2D eigenvalue weighted by molar-refractivity contribution is 7.02. The molecule has 2 aliphatic rings. The molecule has 0 aliphatic carbocycles. The van der Waals surface area contributed by atoms with Crippen LogP contribution in [0.3, 0.4) is 0 Å². The minimum Gasteiger partial charge on any atom is -0.309 e. The summed E-state index contributed by atoms with van der Waals surface area (Å²) in [6.07, 6.45) is 0. The monoisotopic (exact) mass is 1120 g/mol. The van der Waals surface area contributed by atoms with Crippen LogP contribution in [0.1, 0.15) is 22.3 Å². The summed E-state index contributed by atoms with van der Waals surface area (Å²) in [5.74, 6) is 0. The third-order valence-corrected chi connectivity index (χ3v) is 19.2. The van der Waals surface area contributed by atoms with Gasteiger partial charge in [-0.2, -0.15) is 21.0 Å². The molecule has 0 unspecified atom stereocenters. The van der Waals surface area contributed by atoms with E-state index in [2.05, 4.69) is 181 Å². The number of nitrogens with zero attached hydrogens (tertiary/aromatic N) is 9. The number of hydrogen-bond donors (Lipinski definition) is 0. The maximum Gasteiger partial charge on any atom is 0.244 e. The minimum atomic E-state index is -0.386.